The van der Waals surface area contributed by atoms with Gasteiger partial charge >= 0.3 is 0 Å². The van der Waals surface area contributed by atoms with Crippen LogP contribution in [0.4, 0.5) is 0 Å². The normalized spacial score (nSPS) is 12.2. The summed E-state index contributed by atoms with van der Waals surface area (Å²) in [4.78, 5) is 11.7. The first-order valence-electron chi connectivity index (χ1n) is 5.85. The fraction of sp³-hybridized carbons (Fsp3) is 0.462. The Labute approximate surface area is 102 Å². The fourth-order valence-electron chi connectivity index (χ4n) is 1.42. The Morgan fingerprint density at radius 1 is 1.41 bits per heavy atom. The summed E-state index contributed by atoms with van der Waals surface area (Å²) in [6, 6.07) is 7.42. The predicted octanol–water partition coefficient (Wildman–Crippen LogP) is 0.546. The van der Waals surface area contributed by atoms with Gasteiger partial charge in [-0.25, -0.2) is 0 Å². The third-order valence-electron chi connectivity index (χ3n) is 2.57. The van der Waals surface area contributed by atoms with Crippen molar-refractivity contribution in [3.8, 4) is 0 Å². The van der Waals surface area contributed by atoms with Crippen LogP contribution < -0.4 is 11.1 Å². The Morgan fingerprint density at radius 3 is 2.59 bits per heavy atom. The van der Waals surface area contributed by atoms with Gasteiger partial charge in [-0.05, 0) is 36.6 Å². The molecule has 0 aliphatic rings. The molecule has 1 unspecified atom stereocenters. The molecule has 4 N–H and O–H groups in total. The van der Waals surface area contributed by atoms with Crippen LogP contribution in [0.1, 0.15) is 22.8 Å². The maximum absolute atomic E-state index is 11.7. The van der Waals surface area contributed by atoms with Gasteiger partial charge in [0.15, 0.2) is 0 Å². The molecule has 0 radical (unpaired) electrons. The van der Waals surface area contributed by atoms with Crippen LogP contribution >= 0.6 is 0 Å². The molecule has 1 aromatic rings. The molecular weight excluding hydrogens is 216 g/mol. The molecule has 0 fully saturated rings. The van der Waals surface area contributed by atoms with Crippen LogP contribution in [0.2, 0.25) is 0 Å². The second-order valence-corrected chi connectivity index (χ2v) is 4.23. The molecule has 1 amide bonds. The Morgan fingerprint density at radius 2 is 2.06 bits per heavy atom. The lowest BCUT2D eigenvalue weighted by Gasteiger charge is -2.09. The van der Waals surface area contributed by atoms with Gasteiger partial charge in [0, 0.05) is 18.7 Å². The molecule has 0 aliphatic heterocycles. The lowest BCUT2D eigenvalue weighted by Crippen LogP contribution is -2.29. The molecule has 1 rings (SSSR count). The van der Waals surface area contributed by atoms with E-state index in [2.05, 4.69) is 5.32 Å². The predicted molar refractivity (Wildman–Crippen MR) is 67.8 cm³/mol. The molecule has 17 heavy (non-hydrogen) atoms. The number of benzene rings is 1. The van der Waals surface area contributed by atoms with Crippen molar-refractivity contribution < 1.29 is 9.90 Å². The monoisotopic (exact) mass is 236 g/mol. The van der Waals surface area contributed by atoms with Crippen molar-refractivity contribution >= 4 is 5.91 Å². The maximum Gasteiger partial charge on any atom is 0.251 e. The van der Waals surface area contributed by atoms with Crippen LogP contribution in [-0.4, -0.2) is 30.7 Å². The summed E-state index contributed by atoms with van der Waals surface area (Å²) in [5.41, 5.74) is 7.22. The molecule has 4 nitrogen and oxygen atoms in total. The number of rotatable bonds is 6. The minimum Gasteiger partial charge on any atom is -0.396 e. The van der Waals surface area contributed by atoms with Crippen molar-refractivity contribution in [2.24, 2.45) is 11.7 Å². The number of nitrogens with two attached hydrogens (primary N) is 1. The summed E-state index contributed by atoms with van der Waals surface area (Å²) >= 11 is 0. The summed E-state index contributed by atoms with van der Waals surface area (Å²) in [5, 5.41) is 11.6. The van der Waals surface area contributed by atoms with Gasteiger partial charge in [-0.2, -0.15) is 0 Å². The second-order valence-electron chi connectivity index (χ2n) is 4.23. The number of hydrogen-bond donors (Lipinski definition) is 3. The lowest BCUT2D eigenvalue weighted by molar-refractivity contribution is 0.0942. The summed E-state index contributed by atoms with van der Waals surface area (Å²) in [6.07, 6.45) is 0.823. The number of aliphatic hydroxyl groups excluding tert-OH is 1. The molecular formula is C13H20N2O2. The highest BCUT2D eigenvalue weighted by atomic mass is 16.3. The number of hydrogen-bond acceptors (Lipinski definition) is 3. The lowest BCUT2D eigenvalue weighted by atomic mass is 10.1. The standard InChI is InChI=1S/C13H20N2O2/c1-10(9-16)8-15-13(17)12-4-2-11(3-5-12)6-7-14/h2-5,10,16H,6-9,14H2,1H3,(H,15,17). The largest absolute Gasteiger partial charge is 0.396 e. The number of carbonyl (C=O) groups is 1. The molecule has 0 heterocycles. The Bertz CT molecular complexity index is 349. The van der Waals surface area contributed by atoms with Gasteiger partial charge in [0.05, 0.1) is 0 Å². The van der Waals surface area contributed by atoms with E-state index < -0.39 is 0 Å². The van der Waals surface area contributed by atoms with E-state index in [0.717, 1.165) is 12.0 Å². The van der Waals surface area contributed by atoms with E-state index in [-0.39, 0.29) is 18.4 Å². The van der Waals surface area contributed by atoms with Gasteiger partial charge in [-0.1, -0.05) is 19.1 Å². The van der Waals surface area contributed by atoms with Crippen molar-refractivity contribution in [3.63, 3.8) is 0 Å². The summed E-state index contributed by atoms with van der Waals surface area (Å²) in [5.74, 6) is -0.0277. The van der Waals surface area contributed by atoms with Crippen LogP contribution in [0.25, 0.3) is 0 Å². The first kappa shape index (κ1) is 13.7. The van der Waals surface area contributed by atoms with Gasteiger partial charge in [-0.3, -0.25) is 4.79 Å². The molecule has 1 atom stereocenters. The molecule has 0 saturated heterocycles. The minimum absolute atomic E-state index is 0.0791. The van der Waals surface area contributed by atoms with Crippen LogP contribution in [0.15, 0.2) is 24.3 Å². The zero-order valence-electron chi connectivity index (χ0n) is 10.1. The van der Waals surface area contributed by atoms with E-state index >= 15 is 0 Å². The van der Waals surface area contributed by atoms with Gasteiger partial charge in [0.2, 0.25) is 0 Å². The third-order valence-corrected chi connectivity index (χ3v) is 2.57. The van der Waals surface area contributed by atoms with Crippen LogP contribution in [-0.2, 0) is 6.42 Å². The zero-order valence-corrected chi connectivity index (χ0v) is 10.1. The third kappa shape index (κ3) is 4.54. The molecule has 0 bridgehead atoms. The average Bonchev–Trinajstić information content (AvgIpc) is 2.36. The highest BCUT2D eigenvalue weighted by Crippen LogP contribution is 2.05. The Hall–Kier alpha value is -1.39. The van der Waals surface area contributed by atoms with Crippen LogP contribution in [0, 0.1) is 5.92 Å². The van der Waals surface area contributed by atoms with Gasteiger partial charge < -0.3 is 16.2 Å². The smallest absolute Gasteiger partial charge is 0.251 e. The van der Waals surface area contributed by atoms with E-state index in [4.69, 9.17) is 10.8 Å². The van der Waals surface area contributed by atoms with Crippen molar-refractivity contribution in [1.29, 1.82) is 0 Å². The van der Waals surface area contributed by atoms with Crippen molar-refractivity contribution in [2.45, 2.75) is 13.3 Å². The fourth-order valence-corrected chi connectivity index (χ4v) is 1.42. The average molecular weight is 236 g/mol. The molecule has 0 aromatic heterocycles. The van der Waals surface area contributed by atoms with E-state index in [9.17, 15) is 4.79 Å². The number of nitrogens with one attached hydrogen (secondary N) is 1. The molecule has 0 spiro atoms. The highest BCUT2D eigenvalue weighted by Gasteiger charge is 2.06. The first-order valence-corrected chi connectivity index (χ1v) is 5.85. The van der Waals surface area contributed by atoms with Crippen LogP contribution in [0.3, 0.4) is 0 Å². The van der Waals surface area contributed by atoms with Crippen molar-refractivity contribution in [3.05, 3.63) is 35.4 Å². The zero-order chi connectivity index (χ0) is 12.7. The number of carbonyl (C=O) groups excluding carboxylic acids is 1. The van der Waals surface area contributed by atoms with E-state index in [1.54, 1.807) is 12.1 Å². The van der Waals surface area contributed by atoms with Crippen molar-refractivity contribution in [2.75, 3.05) is 19.7 Å². The molecule has 94 valence electrons. The van der Waals surface area contributed by atoms with Gasteiger partial charge in [-0.15, -0.1) is 0 Å². The Balaban J connectivity index is 2.51. The van der Waals surface area contributed by atoms with Gasteiger partial charge in [0.1, 0.15) is 0 Å². The molecule has 1 aromatic carbocycles. The van der Waals surface area contributed by atoms with E-state index in [1.807, 2.05) is 19.1 Å². The molecule has 0 aliphatic carbocycles. The minimum atomic E-state index is -0.107. The topological polar surface area (TPSA) is 75.3 Å². The van der Waals surface area contributed by atoms with E-state index in [1.165, 1.54) is 0 Å². The number of aliphatic hydroxyl groups is 1. The Kier molecular flexibility index (Phi) is 5.66. The summed E-state index contributed by atoms with van der Waals surface area (Å²) in [7, 11) is 0. The molecule has 0 saturated carbocycles. The van der Waals surface area contributed by atoms with Gasteiger partial charge in [0.25, 0.3) is 5.91 Å². The SMILES string of the molecule is CC(CO)CNC(=O)c1ccc(CCN)cc1. The van der Waals surface area contributed by atoms with E-state index in [0.29, 0.717) is 18.7 Å². The quantitative estimate of drug-likeness (QED) is 0.675. The highest BCUT2D eigenvalue weighted by molar-refractivity contribution is 5.94. The maximum atomic E-state index is 11.7. The van der Waals surface area contributed by atoms with Crippen LogP contribution in [0.5, 0.6) is 0 Å². The first-order chi connectivity index (χ1) is 8.17. The number of amides is 1. The summed E-state index contributed by atoms with van der Waals surface area (Å²) in [6.45, 7) is 3.06. The van der Waals surface area contributed by atoms with Crippen molar-refractivity contribution in [1.82, 2.24) is 5.32 Å². The molecule has 4 heteroatoms. The summed E-state index contributed by atoms with van der Waals surface area (Å²) < 4.78 is 0. The second kappa shape index (κ2) is 7.04.